The van der Waals surface area contributed by atoms with Crippen LogP contribution < -0.4 is 10.2 Å². The summed E-state index contributed by atoms with van der Waals surface area (Å²) in [4.78, 5) is 11.3. The number of rotatable bonds is 2. The standard InChI is InChI=1S/C12H10O3/c1-9-4-2-3-5-11(9)15-12-8-14-7-6-10(12)13/h2-8H,1H3. The molecule has 0 saturated heterocycles. The molecule has 0 aliphatic heterocycles. The van der Waals surface area contributed by atoms with E-state index in [1.807, 2.05) is 31.2 Å². The van der Waals surface area contributed by atoms with Crippen molar-refractivity contribution < 1.29 is 9.15 Å². The number of hydrogen-bond acceptors (Lipinski definition) is 3. The van der Waals surface area contributed by atoms with Crippen LogP contribution in [0.2, 0.25) is 0 Å². The summed E-state index contributed by atoms with van der Waals surface area (Å²) in [5.74, 6) is 0.864. The van der Waals surface area contributed by atoms with Gasteiger partial charge in [0.05, 0.1) is 6.26 Å². The van der Waals surface area contributed by atoms with Crippen LogP contribution in [0.4, 0.5) is 0 Å². The van der Waals surface area contributed by atoms with Gasteiger partial charge in [-0.2, -0.15) is 0 Å². The molecular formula is C12H10O3. The van der Waals surface area contributed by atoms with Crippen molar-refractivity contribution >= 4 is 0 Å². The Kier molecular flexibility index (Phi) is 2.54. The van der Waals surface area contributed by atoms with E-state index in [2.05, 4.69) is 0 Å². The molecule has 2 aromatic rings. The van der Waals surface area contributed by atoms with E-state index in [0.717, 1.165) is 5.56 Å². The summed E-state index contributed by atoms with van der Waals surface area (Å²) in [6.07, 6.45) is 2.63. The van der Waals surface area contributed by atoms with E-state index in [4.69, 9.17) is 9.15 Å². The van der Waals surface area contributed by atoms with Gasteiger partial charge in [-0.25, -0.2) is 0 Å². The Labute approximate surface area is 86.9 Å². The molecule has 0 spiro atoms. The van der Waals surface area contributed by atoms with Crippen LogP contribution in [0, 0.1) is 6.92 Å². The number of hydrogen-bond donors (Lipinski definition) is 0. The lowest BCUT2D eigenvalue weighted by atomic mass is 10.2. The normalized spacial score (nSPS) is 9.93. The fourth-order valence-corrected chi connectivity index (χ4v) is 1.21. The maximum Gasteiger partial charge on any atom is 0.227 e. The molecule has 0 fully saturated rings. The minimum absolute atomic E-state index is 0.190. The second kappa shape index (κ2) is 4.00. The summed E-state index contributed by atoms with van der Waals surface area (Å²) in [6.45, 7) is 1.92. The SMILES string of the molecule is Cc1ccccc1Oc1coccc1=O. The predicted octanol–water partition coefficient (Wildman–Crippen LogP) is 2.74. The summed E-state index contributed by atoms with van der Waals surface area (Å²) in [7, 11) is 0. The largest absolute Gasteiger partial charge is 0.468 e. The molecule has 0 aliphatic carbocycles. The van der Waals surface area contributed by atoms with Crippen LogP contribution in [0.25, 0.3) is 0 Å². The first-order valence-electron chi connectivity index (χ1n) is 4.57. The third kappa shape index (κ3) is 2.07. The van der Waals surface area contributed by atoms with Crippen LogP contribution in [-0.4, -0.2) is 0 Å². The van der Waals surface area contributed by atoms with Crippen LogP contribution >= 0.6 is 0 Å². The number of para-hydroxylation sites is 1. The number of ether oxygens (including phenoxy) is 1. The molecule has 15 heavy (non-hydrogen) atoms. The number of aryl methyl sites for hydroxylation is 1. The lowest BCUT2D eigenvalue weighted by molar-refractivity contribution is 0.436. The smallest absolute Gasteiger partial charge is 0.227 e. The molecule has 1 aromatic carbocycles. The number of benzene rings is 1. The topological polar surface area (TPSA) is 39.4 Å². The molecule has 3 nitrogen and oxygen atoms in total. The Bertz CT molecular complexity index is 514. The van der Waals surface area contributed by atoms with Gasteiger partial charge in [0, 0.05) is 6.07 Å². The average Bonchev–Trinajstić information content (AvgIpc) is 2.24. The highest BCUT2D eigenvalue weighted by molar-refractivity contribution is 5.35. The first kappa shape index (κ1) is 9.52. The molecule has 0 saturated carbocycles. The van der Waals surface area contributed by atoms with Gasteiger partial charge >= 0.3 is 0 Å². The molecule has 0 bridgehead atoms. The third-order valence-corrected chi connectivity index (χ3v) is 2.03. The fourth-order valence-electron chi connectivity index (χ4n) is 1.21. The first-order valence-corrected chi connectivity index (χ1v) is 4.57. The van der Waals surface area contributed by atoms with Crippen molar-refractivity contribution in [3.05, 3.63) is 58.6 Å². The van der Waals surface area contributed by atoms with Gasteiger partial charge in [0.15, 0.2) is 0 Å². The predicted molar refractivity (Wildman–Crippen MR) is 56.2 cm³/mol. The second-order valence-electron chi connectivity index (χ2n) is 3.15. The van der Waals surface area contributed by atoms with Crippen molar-refractivity contribution in [3.63, 3.8) is 0 Å². The molecular weight excluding hydrogens is 192 g/mol. The van der Waals surface area contributed by atoms with Crippen LogP contribution in [0.3, 0.4) is 0 Å². The van der Waals surface area contributed by atoms with Gasteiger partial charge in [0.25, 0.3) is 0 Å². The molecule has 0 N–H and O–H groups in total. The van der Waals surface area contributed by atoms with Crippen LogP contribution in [0.5, 0.6) is 11.5 Å². The summed E-state index contributed by atoms with van der Waals surface area (Å²) in [5, 5.41) is 0. The fraction of sp³-hybridized carbons (Fsp3) is 0.0833. The lowest BCUT2D eigenvalue weighted by Gasteiger charge is -2.06. The molecule has 1 aromatic heterocycles. The highest BCUT2D eigenvalue weighted by atomic mass is 16.5. The highest BCUT2D eigenvalue weighted by Gasteiger charge is 2.03. The summed E-state index contributed by atoms with van der Waals surface area (Å²) in [5.41, 5.74) is 0.783. The van der Waals surface area contributed by atoms with E-state index in [1.54, 1.807) is 0 Å². The maximum absolute atomic E-state index is 11.3. The van der Waals surface area contributed by atoms with E-state index in [-0.39, 0.29) is 11.2 Å². The van der Waals surface area contributed by atoms with Gasteiger partial charge in [0.2, 0.25) is 11.2 Å². The minimum atomic E-state index is -0.190. The molecule has 0 radical (unpaired) electrons. The first-order chi connectivity index (χ1) is 7.27. The van der Waals surface area contributed by atoms with E-state index >= 15 is 0 Å². The van der Waals surface area contributed by atoms with Crippen molar-refractivity contribution in [1.82, 2.24) is 0 Å². The van der Waals surface area contributed by atoms with Crippen LogP contribution in [-0.2, 0) is 0 Å². The molecule has 76 valence electrons. The van der Waals surface area contributed by atoms with Crippen molar-refractivity contribution in [2.24, 2.45) is 0 Å². The van der Waals surface area contributed by atoms with Crippen LogP contribution in [0.15, 0.2) is 52.1 Å². The van der Waals surface area contributed by atoms with Crippen molar-refractivity contribution in [2.45, 2.75) is 6.92 Å². The quantitative estimate of drug-likeness (QED) is 0.751. The molecule has 1 heterocycles. The Hall–Kier alpha value is -2.03. The highest BCUT2D eigenvalue weighted by Crippen LogP contribution is 2.21. The van der Waals surface area contributed by atoms with Crippen molar-refractivity contribution in [1.29, 1.82) is 0 Å². The van der Waals surface area contributed by atoms with Crippen molar-refractivity contribution in [3.8, 4) is 11.5 Å². The van der Waals surface area contributed by atoms with Gasteiger partial charge in [-0.15, -0.1) is 0 Å². The van der Waals surface area contributed by atoms with Gasteiger partial charge < -0.3 is 9.15 Å². The van der Waals surface area contributed by atoms with E-state index in [0.29, 0.717) is 5.75 Å². The Morgan fingerprint density at radius 3 is 2.67 bits per heavy atom. The van der Waals surface area contributed by atoms with Crippen LogP contribution in [0.1, 0.15) is 5.56 Å². The zero-order valence-corrected chi connectivity index (χ0v) is 8.27. The van der Waals surface area contributed by atoms with E-state index < -0.39 is 0 Å². The monoisotopic (exact) mass is 202 g/mol. The molecule has 0 unspecified atom stereocenters. The van der Waals surface area contributed by atoms with E-state index in [1.165, 1.54) is 18.6 Å². The second-order valence-corrected chi connectivity index (χ2v) is 3.15. The Balaban J connectivity index is 2.34. The Morgan fingerprint density at radius 2 is 1.93 bits per heavy atom. The molecule has 0 atom stereocenters. The molecule has 0 amide bonds. The van der Waals surface area contributed by atoms with Gasteiger partial charge in [-0.3, -0.25) is 4.79 Å². The zero-order valence-electron chi connectivity index (χ0n) is 8.27. The summed E-state index contributed by atoms with van der Waals surface area (Å²) >= 11 is 0. The summed E-state index contributed by atoms with van der Waals surface area (Å²) in [6, 6.07) is 8.82. The van der Waals surface area contributed by atoms with E-state index in [9.17, 15) is 4.79 Å². The Morgan fingerprint density at radius 1 is 1.13 bits per heavy atom. The van der Waals surface area contributed by atoms with Gasteiger partial charge in [0.1, 0.15) is 12.0 Å². The minimum Gasteiger partial charge on any atom is -0.468 e. The van der Waals surface area contributed by atoms with Gasteiger partial charge in [-0.05, 0) is 18.6 Å². The van der Waals surface area contributed by atoms with Gasteiger partial charge in [-0.1, -0.05) is 18.2 Å². The maximum atomic E-state index is 11.3. The molecule has 2 rings (SSSR count). The third-order valence-electron chi connectivity index (χ3n) is 2.03. The molecule has 0 aliphatic rings. The molecule has 3 heteroatoms. The lowest BCUT2D eigenvalue weighted by Crippen LogP contribution is -2.02. The zero-order chi connectivity index (χ0) is 10.7. The summed E-state index contributed by atoms with van der Waals surface area (Å²) < 4.78 is 10.3. The average molecular weight is 202 g/mol. The van der Waals surface area contributed by atoms with Crippen molar-refractivity contribution in [2.75, 3.05) is 0 Å².